The predicted molar refractivity (Wildman–Crippen MR) is 41.7 cm³/mol. The Hall–Kier alpha value is -0.330. The van der Waals surface area contributed by atoms with E-state index in [0.29, 0.717) is 17.3 Å². The van der Waals surface area contributed by atoms with E-state index in [-0.39, 0.29) is 0 Å². The summed E-state index contributed by atoms with van der Waals surface area (Å²) >= 11 is 0. The molecule has 0 aliphatic heterocycles. The molecule has 1 saturated carbocycles. The lowest BCUT2D eigenvalue weighted by atomic mass is 10.1. The molecule has 0 N–H and O–H groups in total. The molecule has 0 spiro atoms. The van der Waals surface area contributed by atoms with Crippen molar-refractivity contribution < 1.29 is 4.79 Å². The third-order valence-electron chi connectivity index (χ3n) is 2.89. The van der Waals surface area contributed by atoms with E-state index in [1.165, 1.54) is 12.8 Å². The van der Waals surface area contributed by atoms with Crippen molar-refractivity contribution >= 4 is 6.29 Å². The van der Waals surface area contributed by atoms with Crippen LogP contribution in [0.3, 0.4) is 0 Å². The van der Waals surface area contributed by atoms with Gasteiger partial charge in [0.15, 0.2) is 0 Å². The minimum absolute atomic E-state index is 0.317. The molecule has 1 rings (SSSR count). The zero-order valence-electron chi connectivity index (χ0n) is 7.05. The van der Waals surface area contributed by atoms with Gasteiger partial charge in [0.05, 0.1) is 0 Å². The van der Waals surface area contributed by atoms with E-state index < -0.39 is 0 Å². The fraction of sp³-hybridized carbons (Fsp3) is 0.889. The minimum Gasteiger partial charge on any atom is -0.303 e. The fourth-order valence-electron chi connectivity index (χ4n) is 1.92. The van der Waals surface area contributed by atoms with Crippen LogP contribution in [0.2, 0.25) is 0 Å². The molecule has 0 aromatic carbocycles. The van der Waals surface area contributed by atoms with Crippen LogP contribution in [0.1, 0.15) is 33.6 Å². The molecule has 1 nitrogen and oxygen atoms in total. The third kappa shape index (κ3) is 0.979. The number of rotatable bonds is 3. The van der Waals surface area contributed by atoms with Gasteiger partial charge < -0.3 is 4.79 Å². The van der Waals surface area contributed by atoms with Crippen LogP contribution >= 0.6 is 0 Å². The molecule has 0 saturated heterocycles. The maximum Gasteiger partial charge on any atom is 0.123 e. The summed E-state index contributed by atoms with van der Waals surface area (Å²) in [6.45, 7) is 6.55. The Balaban J connectivity index is 2.44. The van der Waals surface area contributed by atoms with Crippen molar-refractivity contribution in [2.24, 2.45) is 17.3 Å². The quantitative estimate of drug-likeness (QED) is 0.549. The van der Waals surface area contributed by atoms with Gasteiger partial charge in [-0.05, 0) is 17.8 Å². The van der Waals surface area contributed by atoms with Crippen molar-refractivity contribution in [3.8, 4) is 0 Å². The van der Waals surface area contributed by atoms with E-state index in [1.807, 2.05) is 0 Å². The van der Waals surface area contributed by atoms with E-state index in [1.54, 1.807) is 0 Å². The number of aldehydes is 1. The first-order valence-electron chi connectivity index (χ1n) is 4.10. The van der Waals surface area contributed by atoms with Crippen LogP contribution in [0, 0.1) is 17.3 Å². The zero-order valence-corrected chi connectivity index (χ0v) is 7.05. The van der Waals surface area contributed by atoms with E-state index in [2.05, 4.69) is 20.8 Å². The first-order valence-corrected chi connectivity index (χ1v) is 4.10. The van der Waals surface area contributed by atoms with E-state index >= 15 is 0 Å². The first kappa shape index (κ1) is 7.77. The van der Waals surface area contributed by atoms with Crippen LogP contribution < -0.4 is 0 Å². The zero-order chi connectivity index (χ0) is 7.78. The van der Waals surface area contributed by atoms with Gasteiger partial charge in [0.1, 0.15) is 6.29 Å². The molecule has 0 aromatic rings. The van der Waals surface area contributed by atoms with Crippen LogP contribution in [-0.2, 0) is 4.79 Å². The lowest BCUT2D eigenvalue weighted by molar-refractivity contribution is -0.109. The molecular formula is C9H16O. The van der Waals surface area contributed by atoms with Crippen LogP contribution in [0.5, 0.6) is 0 Å². The summed E-state index contributed by atoms with van der Waals surface area (Å²) in [5, 5.41) is 0. The second-order valence-electron chi connectivity index (χ2n) is 3.88. The van der Waals surface area contributed by atoms with Gasteiger partial charge in [0, 0.05) is 5.92 Å². The second-order valence-corrected chi connectivity index (χ2v) is 3.88. The molecule has 58 valence electrons. The van der Waals surface area contributed by atoms with Gasteiger partial charge in [-0.3, -0.25) is 0 Å². The van der Waals surface area contributed by atoms with Gasteiger partial charge >= 0.3 is 0 Å². The standard InChI is InChI=1S/C9H16O/c1-4-5-7-8(6-10)9(7,2)3/h6-8H,4-5H2,1-3H3/t7-,8+/m1/s1. The predicted octanol–water partition coefficient (Wildman–Crippen LogP) is 2.26. The molecule has 1 heteroatoms. The highest BCUT2D eigenvalue weighted by molar-refractivity contribution is 5.61. The highest BCUT2D eigenvalue weighted by Crippen LogP contribution is 2.58. The topological polar surface area (TPSA) is 17.1 Å². The summed E-state index contributed by atoms with van der Waals surface area (Å²) in [4.78, 5) is 10.5. The summed E-state index contributed by atoms with van der Waals surface area (Å²) < 4.78 is 0. The van der Waals surface area contributed by atoms with Gasteiger partial charge in [0.2, 0.25) is 0 Å². The Labute approximate surface area is 62.8 Å². The number of hydrogen-bond acceptors (Lipinski definition) is 1. The molecule has 0 amide bonds. The average molecular weight is 140 g/mol. The van der Waals surface area contributed by atoms with Crippen molar-refractivity contribution in [1.82, 2.24) is 0 Å². The van der Waals surface area contributed by atoms with Crippen LogP contribution in [-0.4, -0.2) is 6.29 Å². The van der Waals surface area contributed by atoms with E-state index in [4.69, 9.17) is 0 Å². The lowest BCUT2D eigenvalue weighted by Gasteiger charge is -1.98. The molecule has 10 heavy (non-hydrogen) atoms. The van der Waals surface area contributed by atoms with Crippen molar-refractivity contribution in [2.75, 3.05) is 0 Å². The van der Waals surface area contributed by atoms with Gasteiger partial charge in [-0.2, -0.15) is 0 Å². The second kappa shape index (κ2) is 2.37. The monoisotopic (exact) mass is 140 g/mol. The normalized spacial score (nSPS) is 35.5. The van der Waals surface area contributed by atoms with Crippen LogP contribution in [0.15, 0.2) is 0 Å². The first-order chi connectivity index (χ1) is 4.64. The molecular weight excluding hydrogens is 124 g/mol. The Bertz CT molecular complexity index is 138. The molecule has 0 bridgehead atoms. The fourth-order valence-corrected chi connectivity index (χ4v) is 1.92. The van der Waals surface area contributed by atoms with Crippen molar-refractivity contribution in [3.63, 3.8) is 0 Å². The van der Waals surface area contributed by atoms with E-state index in [0.717, 1.165) is 6.29 Å². The summed E-state index contributed by atoms with van der Waals surface area (Å²) in [5.74, 6) is 1.03. The number of carbonyl (C=O) groups is 1. The molecule has 0 radical (unpaired) electrons. The largest absolute Gasteiger partial charge is 0.303 e. The van der Waals surface area contributed by atoms with Crippen molar-refractivity contribution in [1.29, 1.82) is 0 Å². The van der Waals surface area contributed by atoms with E-state index in [9.17, 15) is 4.79 Å². The molecule has 0 aromatic heterocycles. The SMILES string of the molecule is CCC[C@@H]1[C@H](C=O)C1(C)C. The van der Waals surface area contributed by atoms with Gasteiger partial charge in [-0.15, -0.1) is 0 Å². The highest BCUT2D eigenvalue weighted by Gasteiger charge is 2.56. The molecule has 1 aliphatic rings. The minimum atomic E-state index is 0.317. The lowest BCUT2D eigenvalue weighted by Crippen LogP contribution is -1.90. The Kier molecular flexibility index (Phi) is 1.84. The van der Waals surface area contributed by atoms with Gasteiger partial charge in [-0.25, -0.2) is 0 Å². The summed E-state index contributed by atoms with van der Waals surface area (Å²) in [5.41, 5.74) is 0.317. The Morgan fingerprint density at radius 2 is 2.10 bits per heavy atom. The Morgan fingerprint density at radius 3 is 2.40 bits per heavy atom. The Morgan fingerprint density at radius 1 is 1.50 bits per heavy atom. The maximum atomic E-state index is 10.5. The summed E-state index contributed by atoms with van der Waals surface area (Å²) in [6.07, 6.45) is 3.55. The van der Waals surface area contributed by atoms with Crippen molar-refractivity contribution in [2.45, 2.75) is 33.6 Å². The molecule has 2 atom stereocenters. The third-order valence-corrected chi connectivity index (χ3v) is 2.89. The van der Waals surface area contributed by atoms with Gasteiger partial charge in [0.25, 0.3) is 0 Å². The maximum absolute atomic E-state index is 10.5. The van der Waals surface area contributed by atoms with Crippen LogP contribution in [0.4, 0.5) is 0 Å². The number of carbonyl (C=O) groups excluding carboxylic acids is 1. The average Bonchev–Trinajstić information content (AvgIpc) is 2.36. The van der Waals surface area contributed by atoms with Crippen LogP contribution in [0.25, 0.3) is 0 Å². The molecule has 1 fully saturated rings. The highest BCUT2D eigenvalue weighted by atomic mass is 16.1. The van der Waals surface area contributed by atoms with Crippen molar-refractivity contribution in [3.05, 3.63) is 0 Å². The number of hydrogen-bond donors (Lipinski definition) is 0. The van der Waals surface area contributed by atoms with Gasteiger partial charge in [-0.1, -0.05) is 27.2 Å². The summed E-state index contributed by atoms with van der Waals surface area (Å²) in [6, 6.07) is 0. The molecule has 0 heterocycles. The summed E-state index contributed by atoms with van der Waals surface area (Å²) in [7, 11) is 0. The smallest absolute Gasteiger partial charge is 0.123 e. The molecule has 1 aliphatic carbocycles. The molecule has 0 unspecified atom stereocenters.